The highest BCUT2D eigenvalue weighted by Gasteiger charge is 2.29. The number of amides is 2. The number of carbonyl (C=O) groups excluding carboxylic acids is 2. The van der Waals surface area contributed by atoms with Crippen LogP contribution in [0.15, 0.2) is 43.0 Å². The lowest BCUT2D eigenvalue weighted by molar-refractivity contribution is -0.131. The Bertz CT molecular complexity index is 625. The Morgan fingerprint density at radius 1 is 1.11 bits per heavy atom. The van der Waals surface area contributed by atoms with Gasteiger partial charge in [0.25, 0.3) is 0 Å². The van der Waals surface area contributed by atoms with Crippen molar-refractivity contribution in [2.24, 2.45) is 11.3 Å². The second-order valence-electron chi connectivity index (χ2n) is 8.17. The van der Waals surface area contributed by atoms with Gasteiger partial charge in [-0.2, -0.15) is 0 Å². The zero-order valence-corrected chi connectivity index (χ0v) is 17.1. The standard InChI is InChI=1S/C22H34N2O4/c1-5-9-17(21(28)24-19(15-26)22(2,3)4)13-20(27)23-18(14-25)12-16-10-7-6-8-11-16/h5-8,10-11,17-19,25-26H,1,9,12-15H2,2-4H3,(H,23,27)(H,24,28). The highest BCUT2D eigenvalue weighted by Crippen LogP contribution is 2.20. The van der Waals surface area contributed by atoms with Gasteiger partial charge in [-0.15, -0.1) is 6.58 Å². The average molecular weight is 391 g/mol. The molecule has 0 spiro atoms. The molecule has 0 bridgehead atoms. The van der Waals surface area contributed by atoms with Crippen LogP contribution in [0.5, 0.6) is 0 Å². The number of hydrogen-bond donors (Lipinski definition) is 4. The third-order valence-electron chi connectivity index (χ3n) is 4.71. The van der Waals surface area contributed by atoms with E-state index >= 15 is 0 Å². The quantitative estimate of drug-likeness (QED) is 0.433. The van der Waals surface area contributed by atoms with E-state index < -0.39 is 18.0 Å². The first-order valence-electron chi connectivity index (χ1n) is 9.67. The van der Waals surface area contributed by atoms with Crippen LogP contribution < -0.4 is 10.6 Å². The largest absolute Gasteiger partial charge is 0.394 e. The van der Waals surface area contributed by atoms with Gasteiger partial charge in [0.05, 0.1) is 31.2 Å². The molecule has 0 aliphatic heterocycles. The van der Waals surface area contributed by atoms with Crippen LogP contribution in [-0.2, 0) is 16.0 Å². The molecule has 0 saturated carbocycles. The number of carbonyl (C=O) groups is 2. The summed E-state index contributed by atoms with van der Waals surface area (Å²) in [7, 11) is 0. The average Bonchev–Trinajstić information content (AvgIpc) is 2.64. The predicted molar refractivity (Wildman–Crippen MR) is 111 cm³/mol. The van der Waals surface area contributed by atoms with Crippen LogP contribution in [0.1, 0.15) is 39.2 Å². The maximum absolute atomic E-state index is 12.6. The molecule has 0 aliphatic carbocycles. The van der Waals surface area contributed by atoms with Gasteiger partial charge in [0.15, 0.2) is 0 Å². The Kier molecular flexibility index (Phi) is 9.90. The van der Waals surface area contributed by atoms with Crippen molar-refractivity contribution in [1.29, 1.82) is 0 Å². The number of aliphatic hydroxyl groups is 2. The first kappa shape index (κ1) is 23.9. The van der Waals surface area contributed by atoms with E-state index in [-0.39, 0.29) is 36.9 Å². The molecule has 4 N–H and O–H groups in total. The molecular formula is C22H34N2O4. The second-order valence-corrected chi connectivity index (χ2v) is 8.17. The molecule has 0 radical (unpaired) electrons. The monoisotopic (exact) mass is 390 g/mol. The highest BCUT2D eigenvalue weighted by atomic mass is 16.3. The van der Waals surface area contributed by atoms with Gasteiger partial charge in [-0.05, 0) is 23.8 Å². The number of hydrogen-bond acceptors (Lipinski definition) is 4. The van der Waals surface area contributed by atoms with E-state index in [9.17, 15) is 19.8 Å². The first-order valence-corrected chi connectivity index (χ1v) is 9.67. The van der Waals surface area contributed by atoms with Gasteiger partial charge < -0.3 is 20.8 Å². The van der Waals surface area contributed by atoms with Crippen molar-refractivity contribution in [3.8, 4) is 0 Å². The molecule has 2 amide bonds. The van der Waals surface area contributed by atoms with E-state index in [0.29, 0.717) is 12.8 Å². The molecule has 3 unspecified atom stereocenters. The fourth-order valence-electron chi connectivity index (χ4n) is 2.88. The molecule has 6 heteroatoms. The van der Waals surface area contributed by atoms with Crippen molar-refractivity contribution >= 4 is 11.8 Å². The molecule has 28 heavy (non-hydrogen) atoms. The van der Waals surface area contributed by atoms with Crippen LogP contribution in [0.3, 0.4) is 0 Å². The smallest absolute Gasteiger partial charge is 0.224 e. The Morgan fingerprint density at radius 2 is 1.75 bits per heavy atom. The van der Waals surface area contributed by atoms with Crippen molar-refractivity contribution in [2.75, 3.05) is 13.2 Å². The first-order chi connectivity index (χ1) is 13.2. The van der Waals surface area contributed by atoms with E-state index in [4.69, 9.17) is 0 Å². The predicted octanol–water partition coefficient (Wildman–Crippen LogP) is 1.81. The molecule has 3 atom stereocenters. The van der Waals surface area contributed by atoms with Crippen LogP contribution in [-0.4, -0.2) is 47.3 Å². The second kappa shape index (κ2) is 11.6. The number of nitrogens with one attached hydrogen (secondary N) is 2. The van der Waals surface area contributed by atoms with Gasteiger partial charge in [0, 0.05) is 6.42 Å². The lowest BCUT2D eigenvalue weighted by Crippen LogP contribution is -2.49. The van der Waals surface area contributed by atoms with Crippen LogP contribution in [0.25, 0.3) is 0 Å². The summed E-state index contributed by atoms with van der Waals surface area (Å²) in [5.41, 5.74) is 0.710. The Labute approximate surface area is 168 Å². The van der Waals surface area contributed by atoms with Crippen LogP contribution in [0.2, 0.25) is 0 Å². The molecule has 1 aromatic carbocycles. The SMILES string of the molecule is C=CCC(CC(=O)NC(CO)Cc1ccccc1)C(=O)NC(CO)C(C)(C)C. The summed E-state index contributed by atoms with van der Waals surface area (Å²) in [5.74, 6) is -1.16. The van der Waals surface area contributed by atoms with Crippen LogP contribution >= 0.6 is 0 Å². The molecule has 1 rings (SSSR count). The van der Waals surface area contributed by atoms with E-state index in [0.717, 1.165) is 5.56 Å². The van der Waals surface area contributed by atoms with E-state index in [2.05, 4.69) is 17.2 Å². The highest BCUT2D eigenvalue weighted by molar-refractivity contribution is 5.86. The van der Waals surface area contributed by atoms with Crippen LogP contribution in [0, 0.1) is 11.3 Å². The number of allylic oxidation sites excluding steroid dienone is 1. The number of benzene rings is 1. The molecule has 0 aliphatic rings. The molecule has 0 aromatic heterocycles. The molecule has 0 heterocycles. The molecule has 0 fully saturated rings. The summed E-state index contributed by atoms with van der Waals surface area (Å²) in [6.07, 6.45) is 2.46. The van der Waals surface area contributed by atoms with Crippen molar-refractivity contribution in [3.05, 3.63) is 48.6 Å². The zero-order chi connectivity index (χ0) is 21.2. The summed E-state index contributed by atoms with van der Waals surface area (Å²) in [4.78, 5) is 25.1. The third kappa shape index (κ3) is 8.23. The van der Waals surface area contributed by atoms with E-state index in [1.54, 1.807) is 6.08 Å². The summed E-state index contributed by atoms with van der Waals surface area (Å²) in [5, 5.41) is 24.8. The minimum absolute atomic E-state index is 0.00850. The summed E-state index contributed by atoms with van der Waals surface area (Å²) in [6.45, 7) is 9.10. The molecule has 156 valence electrons. The fraction of sp³-hybridized carbons (Fsp3) is 0.545. The zero-order valence-electron chi connectivity index (χ0n) is 17.1. The van der Waals surface area contributed by atoms with E-state index in [1.165, 1.54) is 0 Å². The topological polar surface area (TPSA) is 98.7 Å². The summed E-state index contributed by atoms with van der Waals surface area (Å²) in [6, 6.07) is 8.77. The van der Waals surface area contributed by atoms with Gasteiger partial charge in [-0.25, -0.2) is 0 Å². The maximum Gasteiger partial charge on any atom is 0.224 e. The lowest BCUT2D eigenvalue weighted by Gasteiger charge is -2.31. The Hall–Kier alpha value is -2.18. The van der Waals surface area contributed by atoms with Crippen molar-refractivity contribution in [1.82, 2.24) is 10.6 Å². The van der Waals surface area contributed by atoms with Gasteiger partial charge in [-0.3, -0.25) is 9.59 Å². The third-order valence-corrected chi connectivity index (χ3v) is 4.71. The summed E-state index contributed by atoms with van der Waals surface area (Å²) < 4.78 is 0. The van der Waals surface area contributed by atoms with Gasteiger partial charge in [0.1, 0.15) is 0 Å². The van der Waals surface area contributed by atoms with Gasteiger partial charge >= 0.3 is 0 Å². The van der Waals surface area contributed by atoms with Crippen LogP contribution in [0.4, 0.5) is 0 Å². The molecule has 1 aromatic rings. The Morgan fingerprint density at radius 3 is 2.25 bits per heavy atom. The maximum atomic E-state index is 12.6. The summed E-state index contributed by atoms with van der Waals surface area (Å²) >= 11 is 0. The van der Waals surface area contributed by atoms with Crippen molar-refractivity contribution in [3.63, 3.8) is 0 Å². The molecular weight excluding hydrogens is 356 g/mol. The van der Waals surface area contributed by atoms with Crippen molar-refractivity contribution in [2.45, 2.75) is 52.1 Å². The Balaban J connectivity index is 2.69. The van der Waals surface area contributed by atoms with Gasteiger partial charge in [-0.1, -0.05) is 57.2 Å². The normalized spacial score (nSPS) is 14.6. The number of rotatable bonds is 11. The molecule has 0 saturated heterocycles. The van der Waals surface area contributed by atoms with Crippen molar-refractivity contribution < 1.29 is 19.8 Å². The van der Waals surface area contributed by atoms with E-state index in [1.807, 2.05) is 51.1 Å². The fourth-order valence-corrected chi connectivity index (χ4v) is 2.88. The molecule has 6 nitrogen and oxygen atoms in total. The lowest BCUT2D eigenvalue weighted by atomic mass is 9.86. The van der Waals surface area contributed by atoms with Gasteiger partial charge in [0.2, 0.25) is 11.8 Å². The minimum Gasteiger partial charge on any atom is -0.394 e. The number of aliphatic hydroxyl groups excluding tert-OH is 2. The minimum atomic E-state index is -0.579.